The van der Waals surface area contributed by atoms with Gasteiger partial charge in [0.2, 0.25) is 0 Å². The van der Waals surface area contributed by atoms with Gasteiger partial charge in [-0.15, -0.1) is 0 Å². The van der Waals surface area contributed by atoms with E-state index in [-0.39, 0.29) is 6.09 Å². The lowest BCUT2D eigenvalue weighted by atomic mass is 10.2. The van der Waals surface area contributed by atoms with Gasteiger partial charge in [-0.25, -0.2) is 4.79 Å². The van der Waals surface area contributed by atoms with Gasteiger partial charge in [-0.1, -0.05) is 20.8 Å². The first-order chi connectivity index (χ1) is 14.5. The zero-order valence-corrected chi connectivity index (χ0v) is 20.9. The molecule has 0 saturated carbocycles. The van der Waals surface area contributed by atoms with E-state index in [0.29, 0.717) is 19.2 Å². The second-order valence-corrected chi connectivity index (χ2v) is 10.3. The van der Waals surface area contributed by atoms with Crippen molar-refractivity contribution in [3.8, 4) is 0 Å². The Bertz CT molecular complexity index is 430. The van der Waals surface area contributed by atoms with Crippen molar-refractivity contribution in [2.45, 2.75) is 52.5 Å². The molecular weight excluding hydrogens is 439 g/mol. The monoisotopic (exact) mass is 480 g/mol. The highest BCUT2D eigenvalue weighted by Crippen LogP contribution is 2.14. The number of ether oxygens (including phenoxy) is 1. The number of quaternary nitrogens is 1. The highest BCUT2D eigenvalue weighted by atomic mass is 28.4. The maximum atomic E-state index is 11.9. The average molecular weight is 480 g/mol. The average Bonchev–Trinajstić information content (AvgIpc) is 2.68. The molecule has 0 aromatic rings. The van der Waals surface area contributed by atoms with Crippen LogP contribution in [0.4, 0.5) is 22.1 Å². The van der Waals surface area contributed by atoms with Crippen LogP contribution in [0.3, 0.4) is 0 Å². The molecule has 0 aliphatic heterocycles. The summed E-state index contributed by atoms with van der Waals surface area (Å²) >= 11 is 0. The van der Waals surface area contributed by atoms with E-state index in [1.54, 1.807) is 21.3 Å². The van der Waals surface area contributed by atoms with Gasteiger partial charge in [-0.2, -0.15) is 0 Å². The number of carbonyl (C=O) groups excluding carboxylic acids is 1. The third kappa shape index (κ3) is 17.4. The number of alkyl carbamates (subject to hydrolysis) is 1. The topological polar surface area (TPSA) is 66.0 Å². The molecule has 0 spiro atoms. The van der Waals surface area contributed by atoms with Crippen molar-refractivity contribution >= 4 is 22.2 Å². The molecule has 0 atom stereocenters. The number of carbonyl (C=O) groups is 1. The molecule has 0 aromatic heterocycles. The van der Waals surface area contributed by atoms with Crippen molar-refractivity contribution < 1.29 is 44.6 Å². The molecule has 7 nitrogen and oxygen atoms in total. The van der Waals surface area contributed by atoms with Crippen LogP contribution in [0.2, 0.25) is 6.04 Å². The van der Waals surface area contributed by atoms with E-state index in [1.165, 1.54) is 0 Å². The maximum absolute atomic E-state index is 11.9. The Hall–Kier alpha value is -0.888. The molecule has 0 radical (unpaired) electrons. The van der Waals surface area contributed by atoms with Gasteiger partial charge in [0, 0.05) is 33.9 Å². The van der Waals surface area contributed by atoms with E-state index >= 15 is 0 Å². The minimum atomic E-state index is -6.00. The Morgan fingerprint density at radius 3 is 1.65 bits per heavy atom. The van der Waals surface area contributed by atoms with Crippen LogP contribution in [0.25, 0.3) is 0 Å². The summed E-state index contributed by atoms with van der Waals surface area (Å²) in [7, 11) is -3.79. The van der Waals surface area contributed by atoms with Gasteiger partial charge >= 0.3 is 22.2 Å². The summed E-state index contributed by atoms with van der Waals surface area (Å²) in [6.07, 6.45) is 3.81. The summed E-state index contributed by atoms with van der Waals surface area (Å²) in [6, 6.07) is 0.653. The fraction of sp³-hybridized carbons (Fsp3) is 0.944. The third-order valence-electron chi connectivity index (χ3n) is 4.75. The Kier molecular flexibility index (Phi) is 18.4. The first-order valence-electron chi connectivity index (χ1n) is 10.8. The number of amides is 1. The molecule has 188 valence electrons. The lowest BCUT2D eigenvalue weighted by molar-refractivity contribution is -0.928. The highest BCUT2D eigenvalue weighted by molar-refractivity contribution is 6.60. The number of hydrogen-bond acceptors (Lipinski definition) is 5. The van der Waals surface area contributed by atoms with Crippen LogP contribution in [0.5, 0.6) is 0 Å². The minimum Gasteiger partial charge on any atom is -0.444 e. The van der Waals surface area contributed by atoms with Gasteiger partial charge in [0.05, 0.1) is 19.6 Å². The van der Waals surface area contributed by atoms with Gasteiger partial charge in [0.1, 0.15) is 13.2 Å². The molecule has 0 saturated heterocycles. The fourth-order valence-corrected chi connectivity index (χ4v) is 5.25. The normalized spacial score (nSPS) is 12.2. The van der Waals surface area contributed by atoms with Gasteiger partial charge in [0.15, 0.2) is 0 Å². The van der Waals surface area contributed by atoms with Crippen LogP contribution in [0.15, 0.2) is 0 Å². The molecule has 0 aromatic carbocycles. The van der Waals surface area contributed by atoms with Crippen LogP contribution in [0, 0.1) is 0 Å². The Morgan fingerprint density at radius 1 is 0.871 bits per heavy atom. The zero-order valence-electron chi connectivity index (χ0n) is 19.9. The van der Waals surface area contributed by atoms with E-state index in [0.717, 1.165) is 56.3 Å². The van der Waals surface area contributed by atoms with Crippen molar-refractivity contribution in [3.05, 3.63) is 0 Å². The highest BCUT2D eigenvalue weighted by Gasteiger charge is 2.36. The predicted octanol–water partition coefficient (Wildman–Crippen LogP) is 4.33. The molecule has 0 unspecified atom stereocenters. The molecule has 13 heteroatoms. The van der Waals surface area contributed by atoms with Crippen LogP contribution in [-0.2, 0) is 18.0 Å². The first-order valence-corrected chi connectivity index (χ1v) is 12.7. The van der Waals surface area contributed by atoms with Crippen LogP contribution >= 0.6 is 0 Å². The summed E-state index contributed by atoms with van der Waals surface area (Å²) in [4.78, 5) is 11.9. The molecule has 1 N–H and O–H groups in total. The predicted molar refractivity (Wildman–Crippen MR) is 116 cm³/mol. The molecule has 0 rings (SSSR count). The van der Waals surface area contributed by atoms with Crippen molar-refractivity contribution in [1.29, 1.82) is 0 Å². The van der Waals surface area contributed by atoms with Crippen LogP contribution in [0.1, 0.15) is 46.5 Å². The van der Waals surface area contributed by atoms with Crippen molar-refractivity contribution in [2.75, 3.05) is 60.7 Å². The quantitative estimate of drug-likeness (QED) is 0.154. The van der Waals surface area contributed by atoms with Crippen molar-refractivity contribution in [3.63, 3.8) is 0 Å². The van der Waals surface area contributed by atoms with Crippen LogP contribution in [-0.4, -0.2) is 87.3 Å². The number of halogens is 4. The minimum absolute atomic E-state index is 0.355. The van der Waals surface area contributed by atoms with Gasteiger partial charge in [-0.3, -0.25) is 0 Å². The Labute approximate surface area is 185 Å². The summed E-state index contributed by atoms with van der Waals surface area (Å²) in [5, 5.41) is 2.80. The number of nitrogens with one attached hydrogen (secondary N) is 1. The molecule has 0 aliphatic carbocycles. The van der Waals surface area contributed by atoms with Crippen molar-refractivity contribution in [1.82, 2.24) is 5.32 Å². The Balaban J connectivity index is 0. The van der Waals surface area contributed by atoms with E-state index < -0.39 is 16.1 Å². The zero-order chi connectivity index (χ0) is 24.4. The second kappa shape index (κ2) is 17.6. The number of nitrogens with zero attached hydrogens (tertiary/aromatic N) is 1. The lowest BCUT2D eigenvalue weighted by Crippen LogP contribution is -2.52. The molecule has 0 aliphatic rings. The standard InChI is InChI=1S/C18H40N2O5Si.BF4/c1-7-12-20(13-8-2,14-9-3)15-16-25-18(21)19-11-10-17-26(22-4,23-5)24-6;2-1(3,4)5/h7-17H2,1-6H3;/q;-1/p+1. The van der Waals surface area contributed by atoms with Gasteiger partial charge in [-0.05, 0) is 25.7 Å². The smallest absolute Gasteiger partial charge is 0.444 e. The summed E-state index contributed by atoms with van der Waals surface area (Å²) in [5.74, 6) is 0. The lowest BCUT2D eigenvalue weighted by Gasteiger charge is -2.38. The molecule has 0 fully saturated rings. The fourth-order valence-electron chi connectivity index (χ4n) is 3.53. The first kappa shape index (κ1) is 32.3. The summed E-state index contributed by atoms with van der Waals surface area (Å²) < 4.78 is 61.5. The number of hydrogen-bond donors (Lipinski definition) is 1. The SMILES string of the molecule is CCC[N+](CCC)(CCC)CCOC(=O)NCCC[Si](OC)(OC)OC.F[B-](F)(F)F. The van der Waals surface area contributed by atoms with Gasteiger partial charge in [0.25, 0.3) is 0 Å². The summed E-state index contributed by atoms with van der Waals surface area (Å²) in [6.45, 7) is 11.9. The van der Waals surface area contributed by atoms with Crippen molar-refractivity contribution in [2.24, 2.45) is 0 Å². The second-order valence-electron chi connectivity index (χ2n) is 7.19. The maximum Gasteiger partial charge on any atom is 0.673 e. The molecule has 1 amide bonds. The summed E-state index contributed by atoms with van der Waals surface area (Å²) in [5.41, 5.74) is 0. The largest absolute Gasteiger partial charge is 0.673 e. The molecule has 31 heavy (non-hydrogen) atoms. The molecular formula is C18H41BF4N2O5Si. The van der Waals surface area contributed by atoms with E-state index in [9.17, 15) is 22.1 Å². The van der Waals surface area contributed by atoms with E-state index in [2.05, 4.69) is 26.1 Å². The molecule has 0 heterocycles. The molecule has 0 bridgehead atoms. The van der Waals surface area contributed by atoms with Gasteiger partial charge < -0.3 is 45.1 Å². The number of rotatable bonds is 16. The third-order valence-corrected chi connectivity index (χ3v) is 7.59. The Morgan fingerprint density at radius 2 is 1.29 bits per heavy atom. The van der Waals surface area contributed by atoms with Crippen LogP contribution < -0.4 is 5.32 Å². The van der Waals surface area contributed by atoms with E-state index in [4.69, 9.17) is 18.0 Å². The van der Waals surface area contributed by atoms with E-state index in [1.807, 2.05) is 0 Å².